The number of aryl methyl sites for hydroxylation is 1. The van der Waals surface area contributed by atoms with Crippen molar-refractivity contribution < 1.29 is 32.6 Å². The third-order valence-electron chi connectivity index (χ3n) is 4.30. The van der Waals surface area contributed by atoms with Crippen LogP contribution in [0, 0.1) is 12.8 Å². The molecule has 1 amide bonds. The molecule has 1 aromatic rings. The third kappa shape index (κ3) is 5.51. The van der Waals surface area contributed by atoms with Crippen LogP contribution in [0.3, 0.4) is 0 Å². The van der Waals surface area contributed by atoms with Crippen LogP contribution in [0.4, 0.5) is 18.3 Å². The first-order valence-electron chi connectivity index (χ1n) is 8.20. The molecule has 2 aliphatic rings. The van der Waals surface area contributed by atoms with Crippen LogP contribution in [-0.4, -0.2) is 77.6 Å². The maximum atomic E-state index is 12.0. The SMILES string of the molecule is Cc1nnc(N2CC[C@H]3C[C@H](C(=O)N(C)C)O[C@@H]3C2)s1.O=C(O)C(F)(F)F. The van der Waals surface area contributed by atoms with E-state index in [0.29, 0.717) is 5.92 Å². The van der Waals surface area contributed by atoms with Gasteiger partial charge in [0.1, 0.15) is 11.1 Å². The molecule has 27 heavy (non-hydrogen) atoms. The molecule has 0 bridgehead atoms. The summed E-state index contributed by atoms with van der Waals surface area (Å²) in [4.78, 5) is 24.8. The van der Waals surface area contributed by atoms with Gasteiger partial charge in [-0.1, -0.05) is 11.3 Å². The number of carboxylic acids is 1. The largest absolute Gasteiger partial charge is 0.490 e. The van der Waals surface area contributed by atoms with Gasteiger partial charge in [0.15, 0.2) is 0 Å². The first kappa shape index (κ1) is 21.4. The number of ether oxygens (including phenoxy) is 1. The summed E-state index contributed by atoms with van der Waals surface area (Å²) < 4.78 is 37.7. The maximum Gasteiger partial charge on any atom is 0.490 e. The van der Waals surface area contributed by atoms with Gasteiger partial charge >= 0.3 is 12.1 Å². The van der Waals surface area contributed by atoms with E-state index in [0.717, 1.165) is 36.1 Å². The molecular formula is C15H21F3N4O4S. The lowest BCUT2D eigenvalue weighted by Gasteiger charge is -2.33. The Morgan fingerprint density at radius 2 is 1.96 bits per heavy atom. The second kappa shape index (κ2) is 8.38. The number of anilines is 1. The molecule has 2 fully saturated rings. The Labute approximate surface area is 157 Å². The highest BCUT2D eigenvalue weighted by atomic mass is 32.1. The number of fused-ring (bicyclic) bond motifs is 1. The molecule has 152 valence electrons. The van der Waals surface area contributed by atoms with Crippen LogP contribution in [0.15, 0.2) is 0 Å². The standard InChI is InChI=1S/C13H20N4O2S.C2HF3O2/c1-8-14-15-13(20-8)17-5-4-9-6-10(12(18)16(2)3)19-11(9)7-17;3-2(4,5)1(6)7/h9-11H,4-7H2,1-3H3;(H,6,7)/t9-,10+,11+;/m0./s1. The van der Waals surface area contributed by atoms with Crippen molar-refractivity contribution in [1.82, 2.24) is 15.1 Å². The number of carbonyl (C=O) groups excluding carboxylic acids is 1. The zero-order valence-electron chi connectivity index (χ0n) is 15.1. The summed E-state index contributed by atoms with van der Waals surface area (Å²) in [7, 11) is 3.56. The van der Waals surface area contributed by atoms with Crippen LogP contribution in [-0.2, 0) is 14.3 Å². The van der Waals surface area contributed by atoms with Crippen molar-refractivity contribution in [2.24, 2.45) is 5.92 Å². The number of amides is 1. The summed E-state index contributed by atoms with van der Waals surface area (Å²) in [6.45, 7) is 3.75. The quantitative estimate of drug-likeness (QED) is 0.790. The minimum Gasteiger partial charge on any atom is -0.475 e. The van der Waals surface area contributed by atoms with Crippen LogP contribution in [0.5, 0.6) is 0 Å². The summed E-state index contributed by atoms with van der Waals surface area (Å²) in [6.07, 6.45) is -3.30. The molecule has 12 heteroatoms. The first-order valence-corrected chi connectivity index (χ1v) is 9.02. The second-order valence-electron chi connectivity index (χ2n) is 6.53. The molecule has 0 spiro atoms. The summed E-state index contributed by atoms with van der Waals surface area (Å²) in [5, 5.41) is 17.3. The Hall–Kier alpha value is -1.95. The molecule has 0 unspecified atom stereocenters. The van der Waals surface area contributed by atoms with Crippen LogP contribution < -0.4 is 4.90 Å². The van der Waals surface area contributed by atoms with Gasteiger partial charge in [-0.25, -0.2) is 4.79 Å². The average Bonchev–Trinajstić information content (AvgIpc) is 3.18. The van der Waals surface area contributed by atoms with Crippen molar-refractivity contribution in [3.05, 3.63) is 5.01 Å². The fourth-order valence-corrected chi connectivity index (χ4v) is 3.69. The van der Waals surface area contributed by atoms with E-state index in [4.69, 9.17) is 14.6 Å². The van der Waals surface area contributed by atoms with E-state index in [1.54, 1.807) is 30.3 Å². The van der Waals surface area contributed by atoms with Crippen molar-refractivity contribution >= 4 is 28.3 Å². The van der Waals surface area contributed by atoms with E-state index in [1.165, 1.54) is 0 Å². The van der Waals surface area contributed by atoms with Crippen molar-refractivity contribution in [3.63, 3.8) is 0 Å². The highest BCUT2D eigenvalue weighted by molar-refractivity contribution is 7.15. The molecule has 8 nitrogen and oxygen atoms in total. The first-order chi connectivity index (χ1) is 12.5. The van der Waals surface area contributed by atoms with Crippen molar-refractivity contribution in [3.8, 4) is 0 Å². The molecule has 3 heterocycles. The fraction of sp³-hybridized carbons (Fsp3) is 0.733. The lowest BCUT2D eigenvalue weighted by Crippen LogP contribution is -2.42. The van der Waals surface area contributed by atoms with Gasteiger partial charge in [-0.15, -0.1) is 10.2 Å². The van der Waals surface area contributed by atoms with Gasteiger partial charge in [0.05, 0.1) is 6.10 Å². The predicted molar refractivity (Wildman–Crippen MR) is 90.6 cm³/mol. The van der Waals surface area contributed by atoms with Crippen LogP contribution in [0.2, 0.25) is 0 Å². The van der Waals surface area contributed by atoms with Crippen LogP contribution in [0.1, 0.15) is 17.8 Å². The molecule has 0 aliphatic carbocycles. The minimum atomic E-state index is -5.08. The molecule has 3 atom stereocenters. The van der Waals surface area contributed by atoms with Crippen LogP contribution in [0.25, 0.3) is 0 Å². The summed E-state index contributed by atoms with van der Waals surface area (Å²) in [5.41, 5.74) is 0. The molecule has 1 aromatic heterocycles. The molecule has 2 saturated heterocycles. The van der Waals surface area contributed by atoms with Gasteiger partial charge in [0.2, 0.25) is 5.13 Å². The van der Waals surface area contributed by atoms with Crippen molar-refractivity contribution in [2.45, 2.75) is 38.1 Å². The van der Waals surface area contributed by atoms with E-state index in [-0.39, 0.29) is 18.1 Å². The van der Waals surface area contributed by atoms with E-state index in [1.807, 2.05) is 6.92 Å². The molecule has 0 aromatic carbocycles. The van der Waals surface area contributed by atoms with Gasteiger partial charge in [-0.3, -0.25) is 4.79 Å². The summed E-state index contributed by atoms with van der Waals surface area (Å²) in [5.74, 6) is -2.18. The average molecular weight is 410 g/mol. The van der Waals surface area contributed by atoms with Gasteiger partial charge < -0.3 is 19.6 Å². The zero-order valence-corrected chi connectivity index (χ0v) is 15.9. The van der Waals surface area contributed by atoms with E-state index in [9.17, 15) is 18.0 Å². The molecule has 0 saturated carbocycles. The fourth-order valence-electron chi connectivity index (χ4n) is 2.97. The van der Waals surface area contributed by atoms with Crippen LogP contribution >= 0.6 is 11.3 Å². The smallest absolute Gasteiger partial charge is 0.475 e. The number of halogens is 3. The number of alkyl halides is 3. The normalized spacial score (nSPS) is 24.7. The van der Waals surface area contributed by atoms with Crippen molar-refractivity contribution in [1.29, 1.82) is 0 Å². The predicted octanol–water partition coefficient (Wildman–Crippen LogP) is 1.55. The number of aliphatic carboxylic acids is 1. The Balaban J connectivity index is 0.000000321. The highest BCUT2D eigenvalue weighted by Gasteiger charge is 2.42. The van der Waals surface area contributed by atoms with Gasteiger partial charge in [-0.2, -0.15) is 13.2 Å². The number of likely N-dealkylation sites (N-methyl/N-ethyl adjacent to an activating group) is 1. The Bertz CT molecular complexity index is 682. The number of carbonyl (C=O) groups is 2. The molecule has 2 aliphatic heterocycles. The number of piperidine rings is 1. The topological polar surface area (TPSA) is 95.9 Å². The number of hydrogen-bond acceptors (Lipinski definition) is 7. The molecule has 3 rings (SSSR count). The van der Waals surface area contributed by atoms with E-state index >= 15 is 0 Å². The zero-order chi connectivity index (χ0) is 20.4. The summed E-state index contributed by atoms with van der Waals surface area (Å²) >= 11 is 1.61. The van der Waals surface area contributed by atoms with Gasteiger partial charge in [0.25, 0.3) is 5.91 Å². The Morgan fingerprint density at radius 1 is 1.33 bits per heavy atom. The van der Waals surface area contributed by atoms with E-state index in [2.05, 4.69) is 15.1 Å². The molecule has 0 radical (unpaired) electrons. The Morgan fingerprint density at radius 3 is 2.44 bits per heavy atom. The third-order valence-corrected chi connectivity index (χ3v) is 5.20. The Kier molecular flexibility index (Phi) is 6.63. The lowest BCUT2D eigenvalue weighted by molar-refractivity contribution is -0.192. The number of rotatable bonds is 2. The number of carboxylic acid groups (broad SMARTS) is 1. The minimum absolute atomic E-state index is 0.0812. The number of hydrogen-bond donors (Lipinski definition) is 1. The monoisotopic (exact) mass is 410 g/mol. The summed E-state index contributed by atoms with van der Waals surface area (Å²) in [6, 6.07) is 0. The van der Waals surface area contributed by atoms with Crippen molar-refractivity contribution in [2.75, 3.05) is 32.1 Å². The number of nitrogens with zero attached hydrogens (tertiary/aromatic N) is 4. The molecule has 1 N–H and O–H groups in total. The molecular weight excluding hydrogens is 389 g/mol. The van der Waals surface area contributed by atoms with Gasteiger partial charge in [-0.05, 0) is 25.7 Å². The lowest BCUT2D eigenvalue weighted by atomic mass is 9.92. The number of aromatic nitrogens is 2. The second-order valence-corrected chi connectivity index (χ2v) is 7.69. The van der Waals surface area contributed by atoms with Gasteiger partial charge in [0, 0.05) is 27.2 Å². The van der Waals surface area contributed by atoms with E-state index < -0.39 is 12.1 Å². The highest BCUT2D eigenvalue weighted by Crippen LogP contribution is 2.35. The maximum absolute atomic E-state index is 12.0.